The minimum atomic E-state index is -0.615. The zero-order valence-corrected chi connectivity index (χ0v) is 21.7. The summed E-state index contributed by atoms with van der Waals surface area (Å²) in [5.41, 5.74) is 2.07. The van der Waals surface area contributed by atoms with E-state index in [1.807, 2.05) is 38.2 Å². The number of hydrogen-bond donors (Lipinski definition) is 0. The second-order valence-electron chi connectivity index (χ2n) is 10.7. The van der Waals surface area contributed by atoms with E-state index >= 15 is 0 Å². The Hall–Kier alpha value is -3.19. The van der Waals surface area contributed by atoms with Crippen molar-refractivity contribution >= 4 is 11.7 Å². The SMILES string of the molecule is CC(C)Oc1cccc(CN2CCC3(CC2C)c2nc(C(C)C)cn2C(=O)N3c2cccc(F)c2)c1. The molecule has 6 nitrogen and oxygen atoms in total. The van der Waals surface area contributed by atoms with Gasteiger partial charge in [-0.05, 0) is 75.4 Å². The lowest BCUT2D eigenvalue weighted by atomic mass is 9.81. The van der Waals surface area contributed by atoms with Crippen LogP contribution in [0.3, 0.4) is 0 Å². The first-order chi connectivity index (χ1) is 17.2. The van der Waals surface area contributed by atoms with Gasteiger partial charge in [-0.25, -0.2) is 14.2 Å². The minimum Gasteiger partial charge on any atom is -0.491 e. The molecule has 0 radical (unpaired) electrons. The van der Waals surface area contributed by atoms with E-state index in [4.69, 9.17) is 9.72 Å². The minimum absolute atomic E-state index is 0.127. The first-order valence-electron chi connectivity index (χ1n) is 12.9. The summed E-state index contributed by atoms with van der Waals surface area (Å²) in [6.07, 6.45) is 3.42. The molecule has 1 spiro atoms. The predicted octanol–water partition coefficient (Wildman–Crippen LogP) is 6.30. The molecule has 1 aromatic heterocycles. The van der Waals surface area contributed by atoms with Crippen molar-refractivity contribution in [2.75, 3.05) is 11.4 Å². The van der Waals surface area contributed by atoms with Gasteiger partial charge in [-0.15, -0.1) is 0 Å². The molecule has 190 valence electrons. The van der Waals surface area contributed by atoms with Crippen molar-refractivity contribution in [3.05, 3.63) is 77.6 Å². The average molecular weight is 491 g/mol. The van der Waals surface area contributed by atoms with Crippen LogP contribution in [0.25, 0.3) is 0 Å². The van der Waals surface area contributed by atoms with Gasteiger partial charge in [0.1, 0.15) is 22.9 Å². The number of carbonyl (C=O) groups is 1. The maximum Gasteiger partial charge on any atom is 0.335 e. The number of nitrogens with zero attached hydrogens (tertiary/aromatic N) is 4. The topological polar surface area (TPSA) is 50.6 Å². The molecule has 1 amide bonds. The van der Waals surface area contributed by atoms with Crippen molar-refractivity contribution < 1.29 is 13.9 Å². The van der Waals surface area contributed by atoms with E-state index in [0.717, 1.165) is 36.8 Å². The molecule has 2 aromatic carbocycles. The number of benzene rings is 2. The summed E-state index contributed by atoms with van der Waals surface area (Å²) in [6, 6.07) is 14.6. The monoisotopic (exact) mass is 490 g/mol. The number of rotatable bonds is 6. The van der Waals surface area contributed by atoms with Gasteiger partial charge < -0.3 is 4.74 Å². The molecular formula is C29H35FN4O2. The largest absolute Gasteiger partial charge is 0.491 e. The van der Waals surface area contributed by atoms with Crippen molar-refractivity contribution in [3.8, 4) is 5.75 Å². The van der Waals surface area contributed by atoms with E-state index in [-0.39, 0.29) is 29.9 Å². The molecule has 2 aliphatic rings. The number of halogens is 1. The fourth-order valence-electron chi connectivity index (χ4n) is 5.65. The number of fused-ring (bicyclic) bond motifs is 2. The zero-order valence-electron chi connectivity index (χ0n) is 21.7. The molecule has 0 bridgehead atoms. The average Bonchev–Trinajstić information content (AvgIpc) is 3.35. The van der Waals surface area contributed by atoms with Crippen molar-refractivity contribution in [2.45, 2.75) is 77.6 Å². The molecule has 2 unspecified atom stereocenters. The highest BCUT2D eigenvalue weighted by atomic mass is 19.1. The summed E-state index contributed by atoms with van der Waals surface area (Å²) in [5, 5.41) is 0. The second-order valence-corrected chi connectivity index (χ2v) is 10.7. The fourth-order valence-corrected chi connectivity index (χ4v) is 5.65. The molecule has 7 heteroatoms. The molecule has 5 rings (SSSR count). The van der Waals surface area contributed by atoms with Gasteiger partial charge in [0.25, 0.3) is 0 Å². The van der Waals surface area contributed by atoms with E-state index in [0.29, 0.717) is 12.1 Å². The fraction of sp³-hybridized carbons (Fsp3) is 0.448. The van der Waals surface area contributed by atoms with Crippen molar-refractivity contribution in [1.82, 2.24) is 14.5 Å². The highest BCUT2D eigenvalue weighted by Gasteiger charge is 2.55. The van der Waals surface area contributed by atoms with Crippen LogP contribution < -0.4 is 9.64 Å². The van der Waals surface area contributed by atoms with E-state index in [9.17, 15) is 9.18 Å². The maximum absolute atomic E-state index is 14.2. The number of hydrogen-bond acceptors (Lipinski definition) is 4. The van der Waals surface area contributed by atoms with Gasteiger partial charge in [0, 0.05) is 31.0 Å². The molecule has 0 aliphatic carbocycles. The summed E-state index contributed by atoms with van der Waals surface area (Å²) in [5.74, 6) is 1.52. The quantitative estimate of drug-likeness (QED) is 0.407. The summed E-state index contributed by atoms with van der Waals surface area (Å²) in [7, 11) is 0. The van der Waals surface area contributed by atoms with Gasteiger partial charge in [0.2, 0.25) is 0 Å². The Kier molecular flexibility index (Phi) is 6.37. The molecule has 36 heavy (non-hydrogen) atoms. The number of amides is 1. The standard InChI is InChI=1S/C29H35FN4O2/c1-19(2)26-18-33-27(31-26)29(34(28(33)35)24-10-7-9-23(30)15-24)12-13-32(21(5)16-29)17-22-8-6-11-25(14-22)36-20(3)4/h6-11,14-15,18-21H,12-13,16-17H2,1-5H3. The molecule has 1 saturated heterocycles. The van der Waals surface area contributed by atoms with Crippen molar-refractivity contribution in [3.63, 3.8) is 0 Å². The zero-order chi connectivity index (χ0) is 25.6. The molecule has 0 N–H and O–H groups in total. The predicted molar refractivity (Wildman–Crippen MR) is 139 cm³/mol. The Balaban J connectivity index is 1.46. The molecule has 3 aromatic rings. The Labute approximate surface area is 212 Å². The van der Waals surface area contributed by atoms with Gasteiger partial charge in [-0.2, -0.15) is 0 Å². The van der Waals surface area contributed by atoms with Crippen LogP contribution in [0.1, 0.15) is 70.5 Å². The lowest BCUT2D eigenvalue weighted by Crippen LogP contribution is -2.55. The van der Waals surface area contributed by atoms with Crippen LogP contribution in [0.4, 0.5) is 14.9 Å². The third-order valence-electron chi connectivity index (χ3n) is 7.35. The Bertz CT molecular complexity index is 1270. The molecule has 2 aliphatic heterocycles. The number of piperidine rings is 1. The molecule has 0 saturated carbocycles. The third kappa shape index (κ3) is 4.30. The van der Waals surface area contributed by atoms with Crippen LogP contribution in [-0.2, 0) is 12.1 Å². The number of aromatic nitrogens is 2. The van der Waals surface area contributed by atoms with Crippen LogP contribution in [-0.4, -0.2) is 39.2 Å². The third-order valence-corrected chi connectivity index (χ3v) is 7.35. The van der Waals surface area contributed by atoms with E-state index in [1.165, 1.54) is 17.7 Å². The molecule has 2 atom stereocenters. The number of imidazole rings is 1. The molecule has 1 fully saturated rings. The van der Waals surface area contributed by atoms with Crippen LogP contribution in [0.2, 0.25) is 0 Å². The van der Waals surface area contributed by atoms with Crippen molar-refractivity contribution in [1.29, 1.82) is 0 Å². The van der Waals surface area contributed by atoms with Crippen LogP contribution >= 0.6 is 0 Å². The number of ether oxygens (including phenoxy) is 1. The summed E-state index contributed by atoms with van der Waals surface area (Å²) >= 11 is 0. The lowest BCUT2D eigenvalue weighted by Gasteiger charge is -2.47. The summed E-state index contributed by atoms with van der Waals surface area (Å²) in [6.45, 7) is 12.0. The Morgan fingerprint density at radius 2 is 1.92 bits per heavy atom. The first-order valence-corrected chi connectivity index (χ1v) is 12.9. The van der Waals surface area contributed by atoms with E-state index in [1.54, 1.807) is 15.5 Å². The van der Waals surface area contributed by atoms with Gasteiger partial charge in [0.15, 0.2) is 0 Å². The summed E-state index contributed by atoms with van der Waals surface area (Å²) < 4.78 is 21.8. The van der Waals surface area contributed by atoms with Gasteiger partial charge in [-0.3, -0.25) is 14.4 Å². The van der Waals surface area contributed by atoms with Crippen LogP contribution in [0, 0.1) is 5.82 Å². The van der Waals surface area contributed by atoms with E-state index in [2.05, 4.69) is 37.8 Å². The van der Waals surface area contributed by atoms with E-state index < -0.39 is 5.54 Å². The van der Waals surface area contributed by atoms with Gasteiger partial charge in [-0.1, -0.05) is 32.0 Å². The van der Waals surface area contributed by atoms with Gasteiger partial charge >= 0.3 is 6.03 Å². The van der Waals surface area contributed by atoms with Crippen molar-refractivity contribution in [2.24, 2.45) is 0 Å². The summed E-state index contributed by atoms with van der Waals surface area (Å²) in [4.78, 5) is 22.9. The molecular weight excluding hydrogens is 455 g/mol. The number of anilines is 1. The second kappa shape index (κ2) is 9.36. The molecule has 3 heterocycles. The lowest BCUT2D eigenvalue weighted by molar-refractivity contribution is 0.0966. The van der Waals surface area contributed by atoms with Crippen LogP contribution in [0.15, 0.2) is 54.7 Å². The Morgan fingerprint density at radius 1 is 1.14 bits per heavy atom. The van der Waals surface area contributed by atoms with Gasteiger partial charge in [0.05, 0.1) is 11.8 Å². The first kappa shape index (κ1) is 24.5. The number of carbonyl (C=O) groups excluding carboxylic acids is 1. The number of likely N-dealkylation sites (tertiary alicyclic amines) is 1. The maximum atomic E-state index is 14.2. The highest BCUT2D eigenvalue weighted by molar-refractivity contribution is 5.98. The normalized spacial score (nSPS) is 22.2. The van der Waals surface area contributed by atoms with Crippen LogP contribution in [0.5, 0.6) is 5.75 Å². The highest BCUT2D eigenvalue weighted by Crippen LogP contribution is 2.48. The Morgan fingerprint density at radius 3 is 2.61 bits per heavy atom. The smallest absolute Gasteiger partial charge is 0.335 e.